The van der Waals surface area contributed by atoms with Crippen molar-refractivity contribution in [3.8, 4) is 0 Å². The van der Waals surface area contributed by atoms with Gasteiger partial charge in [0.2, 0.25) is 5.63 Å². The summed E-state index contributed by atoms with van der Waals surface area (Å²) >= 11 is 16.4. The van der Waals surface area contributed by atoms with Gasteiger partial charge in [0.05, 0.1) is 21.3 Å². The first-order valence-corrected chi connectivity index (χ1v) is 9.62. The van der Waals surface area contributed by atoms with E-state index in [4.69, 9.17) is 34.8 Å². The Morgan fingerprint density at radius 1 is 1.07 bits per heavy atom. The van der Waals surface area contributed by atoms with E-state index in [2.05, 4.69) is 5.32 Å². The Balaban J connectivity index is 2.11. The summed E-state index contributed by atoms with van der Waals surface area (Å²) in [6, 6.07) is 7.90. The normalized spacial score (nSPS) is 13.5. The molecule has 2 aromatic carbocycles. The number of imide groups is 1. The van der Waals surface area contributed by atoms with Crippen LogP contribution in [0.25, 0.3) is 0 Å². The number of carbonyl (C=O) groups is 2. The topological polar surface area (TPSA) is 75.3 Å². The second kappa shape index (κ2) is 9.13. The Hall–Kier alpha value is -1.81. The number of nitrogens with one attached hydrogen (secondary N) is 2. The van der Waals surface area contributed by atoms with Gasteiger partial charge < -0.3 is 5.32 Å². The number of halogens is 6. The van der Waals surface area contributed by atoms with Gasteiger partial charge in [-0.25, -0.2) is 13.4 Å². The lowest BCUT2D eigenvalue weighted by molar-refractivity contribution is 0.0479. The van der Waals surface area contributed by atoms with Crippen molar-refractivity contribution in [2.45, 2.75) is 15.8 Å². The molecule has 5 nitrogen and oxygen atoms in total. The average molecular weight is 474 g/mol. The summed E-state index contributed by atoms with van der Waals surface area (Å²) in [5, 5.41) is -0.242. The van der Waals surface area contributed by atoms with Crippen LogP contribution in [0, 0.1) is 0 Å². The van der Waals surface area contributed by atoms with E-state index in [1.807, 2.05) is 5.32 Å². The monoisotopic (exact) mass is 472 g/mol. The standard InChI is InChI=1S/C16H10Cl3F3N2O3S/c17-10-4-2-1-3-9(10)13(25)24-15(26)23-12-6-5-8(7-11(12)18)28(27)16(21,22)14(19)20/h1-7,14H,(H2,23,24,25,26). The fourth-order valence-corrected chi connectivity index (χ4v) is 3.57. The SMILES string of the molecule is O=C(NC(=O)c1ccccc1Cl)Nc1ccc(S(=O)C(F)(F)C(F)Cl)cc1Cl. The second-order valence-electron chi connectivity index (χ2n) is 5.16. The molecule has 3 amide bonds. The molecule has 2 unspecified atom stereocenters. The molecule has 28 heavy (non-hydrogen) atoms. The maximum absolute atomic E-state index is 13.4. The summed E-state index contributed by atoms with van der Waals surface area (Å²) in [5.74, 6) is -0.785. The van der Waals surface area contributed by atoms with Gasteiger partial charge in [-0.05, 0) is 30.3 Å². The minimum Gasteiger partial charge on any atom is -0.306 e. The molecule has 0 aliphatic carbocycles. The molecule has 0 heterocycles. The molecule has 0 saturated heterocycles. The maximum Gasteiger partial charge on any atom is 0.369 e. The summed E-state index contributed by atoms with van der Waals surface area (Å²) in [7, 11) is -3.11. The van der Waals surface area contributed by atoms with E-state index in [0.29, 0.717) is 0 Å². The van der Waals surface area contributed by atoms with Gasteiger partial charge in [-0.15, -0.1) is 0 Å². The molecule has 0 aromatic heterocycles. The molecule has 0 saturated carbocycles. The summed E-state index contributed by atoms with van der Waals surface area (Å²) < 4.78 is 51.3. The first kappa shape index (κ1) is 22.5. The molecule has 150 valence electrons. The van der Waals surface area contributed by atoms with Gasteiger partial charge in [0.15, 0.2) is 0 Å². The maximum atomic E-state index is 13.4. The van der Waals surface area contributed by atoms with E-state index < -0.39 is 38.5 Å². The van der Waals surface area contributed by atoms with Crippen molar-refractivity contribution < 1.29 is 27.0 Å². The smallest absolute Gasteiger partial charge is 0.306 e. The molecular weight excluding hydrogens is 464 g/mol. The highest BCUT2D eigenvalue weighted by Crippen LogP contribution is 2.34. The number of amides is 3. The molecule has 2 N–H and O–H groups in total. The highest BCUT2D eigenvalue weighted by molar-refractivity contribution is 7.86. The van der Waals surface area contributed by atoms with Gasteiger partial charge in [0, 0.05) is 4.90 Å². The summed E-state index contributed by atoms with van der Waals surface area (Å²) in [4.78, 5) is 23.4. The number of hydrogen-bond donors (Lipinski definition) is 2. The molecule has 0 fully saturated rings. The van der Waals surface area contributed by atoms with E-state index >= 15 is 0 Å². The van der Waals surface area contributed by atoms with Crippen LogP contribution in [0.15, 0.2) is 47.4 Å². The molecule has 2 aromatic rings. The minimum absolute atomic E-state index is 0.0558. The summed E-state index contributed by atoms with van der Waals surface area (Å²) in [6.07, 6.45) is 0. The number of anilines is 1. The van der Waals surface area contributed by atoms with Crippen LogP contribution in [0.2, 0.25) is 10.0 Å². The van der Waals surface area contributed by atoms with Crippen molar-refractivity contribution in [1.82, 2.24) is 5.32 Å². The van der Waals surface area contributed by atoms with Crippen molar-refractivity contribution in [2.24, 2.45) is 0 Å². The first-order chi connectivity index (χ1) is 13.0. The van der Waals surface area contributed by atoms with E-state index in [9.17, 15) is 27.0 Å². The predicted molar refractivity (Wildman–Crippen MR) is 101 cm³/mol. The van der Waals surface area contributed by atoms with E-state index in [0.717, 1.165) is 18.2 Å². The molecule has 12 heteroatoms. The van der Waals surface area contributed by atoms with Crippen LogP contribution in [0.5, 0.6) is 0 Å². The molecular formula is C16H10Cl3F3N2O3S. The first-order valence-electron chi connectivity index (χ1n) is 7.28. The van der Waals surface area contributed by atoms with Crippen molar-refractivity contribution in [3.63, 3.8) is 0 Å². The molecule has 2 atom stereocenters. The molecule has 0 bridgehead atoms. The van der Waals surface area contributed by atoms with Gasteiger partial charge in [0.25, 0.3) is 5.91 Å². The number of urea groups is 1. The Bertz CT molecular complexity index is 944. The lowest BCUT2D eigenvalue weighted by Gasteiger charge is -2.16. The summed E-state index contributed by atoms with van der Waals surface area (Å²) in [5.41, 5.74) is -3.18. The highest BCUT2D eigenvalue weighted by atomic mass is 35.5. The van der Waals surface area contributed by atoms with Crippen molar-refractivity contribution >= 4 is 63.2 Å². The highest BCUT2D eigenvalue weighted by Gasteiger charge is 2.46. The van der Waals surface area contributed by atoms with Crippen LogP contribution in [0.3, 0.4) is 0 Å². The summed E-state index contributed by atoms with van der Waals surface area (Å²) in [6.45, 7) is 0. The van der Waals surface area contributed by atoms with Crippen LogP contribution in [0.4, 0.5) is 23.7 Å². The number of rotatable bonds is 5. The Labute approximate surface area is 174 Å². The van der Waals surface area contributed by atoms with E-state index in [-0.39, 0.29) is 21.3 Å². The van der Waals surface area contributed by atoms with Crippen LogP contribution >= 0.6 is 34.8 Å². The minimum atomic E-state index is -4.33. The molecule has 2 rings (SSSR count). The molecule has 0 radical (unpaired) electrons. The molecule has 0 spiro atoms. The van der Waals surface area contributed by atoms with E-state index in [1.54, 1.807) is 12.1 Å². The van der Waals surface area contributed by atoms with Crippen LogP contribution in [-0.2, 0) is 10.8 Å². The van der Waals surface area contributed by atoms with Gasteiger partial charge in [-0.1, -0.05) is 46.9 Å². The third-order valence-electron chi connectivity index (χ3n) is 3.25. The van der Waals surface area contributed by atoms with E-state index in [1.165, 1.54) is 12.1 Å². The second-order valence-corrected chi connectivity index (χ2v) is 7.91. The number of benzene rings is 2. The molecule has 0 aliphatic heterocycles. The van der Waals surface area contributed by atoms with Gasteiger partial charge in [-0.2, -0.15) is 8.78 Å². The zero-order valence-electron chi connectivity index (χ0n) is 13.5. The zero-order chi connectivity index (χ0) is 21.1. The fraction of sp³-hybridized carbons (Fsp3) is 0.125. The largest absolute Gasteiger partial charge is 0.369 e. The number of carbonyl (C=O) groups excluding carboxylic acids is 2. The lowest BCUT2D eigenvalue weighted by atomic mass is 10.2. The number of alkyl halides is 4. The van der Waals surface area contributed by atoms with Crippen molar-refractivity contribution in [2.75, 3.05) is 5.32 Å². The Morgan fingerprint density at radius 2 is 1.71 bits per heavy atom. The third kappa shape index (κ3) is 5.16. The predicted octanol–water partition coefficient (Wildman–Crippen LogP) is 5.19. The Morgan fingerprint density at radius 3 is 2.29 bits per heavy atom. The van der Waals surface area contributed by atoms with Gasteiger partial charge in [0.1, 0.15) is 10.8 Å². The third-order valence-corrected chi connectivity index (χ3v) is 5.68. The van der Waals surface area contributed by atoms with Crippen LogP contribution in [-0.4, -0.2) is 27.0 Å². The number of hydrogen-bond acceptors (Lipinski definition) is 3. The van der Waals surface area contributed by atoms with Crippen LogP contribution in [0.1, 0.15) is 10.4 Å². The van der Waals surface area contributed by atoms with Gasteiger partial charge >= 0.3 is 11.3 Å². The lowest BCUT2D eigenvalue weighted by Crippen LogP contribution is -2.34. The van der Waals surface area contributed by atoms with Crippen molar-refractivity contribution in [3.05, 3.63) is 58.1 Å². The zero-order valence-corrected chi connectivity index (χ0v) is 16.6. The van der Waals surface area contributed by atoms with Gasteiger partial charge in [-0.3, -0.25) is 10.1 Å². The van der Waals surface area contributed by atoms with Crippen LogP contribution < -0.4 is 10.6 Å². The van der Waals surface area contributed by atoms with Crippen molar-refractivity contribution in [1.29, 1.82) is 0 Å². The fourth-order valence-electron chi connectivity index (χ4n) is 1.92. The molecule has 0 aliphatic rings. The Kier molecular flexibility index (Phi) is 7.33. The average Bonchev–Trinajstić information content (AvgIpc) is 2.62. The quantitative estimate of drug-likeness (QED) is 0.587.